The molecular weight excluding hydrogens is 450 g/mol. The van der Waals surface area contributed by atoms with Crippen molar-refractivity contribution in [3.63, 3.8) is 0 Å². The Kier molecular flexibility index (Phi) is 6.08. The number of aromatic nitrogens is 1. The van der Waals surface area contributed by atoms with E-state index in [1.54, 1.807) is 49.4 Å². The van der Waals surface area contributed by atoms with Crippen LogP contribution >= 0.6 is 22.9 Å². The van der Waals surface area contributed by atoms with E-state index in [0.717, 1.165) is 16.3 Å². The number of nitrogens with one attached hydrogen (secondary N) is 1. The zero-order valence-electron chi connectivity index (χ0n) is 18.0. The van der Waals surface area contributed by atoms with Crippen LogP contribution in [0, 0.1) is 6.92 Å². The van der Waals surface area contributed by atoms with Crippen molar-refractivity contribution < 1.29 is 19.1 Å². The van der Waals surface area contributed by atoms with Crippen LogP contribution < -0.4 is 19.7 Å². The zero-order valence-corrected chi connectivity index (χ0v) is 19.6. The van der Waals surface area contributed by atoms with Gasteiger partial charge in [-0.3, -0.25) is 14.5 Å². The molecule has 2 aromatic carbocycles. The third kappa shape index (κ3) is 4.16. The van der Waals surface area contributed by atoms with E-state index in [9.17, 15) is 9.59 Å². The minimum atomic E-state index is -0.816. The summed E-state index contributed by atoms with van der Waals surface area (Å²) < 4.78 is 11.1. The first kappa shape index (κ1) is 22.1. The molecule has 2 atom stereocenters. The van der Waals surface area contributed by atoms with E-state index in [4.69, 9.17) is 21.1 Å². The lowest BCUT2D eigenvalue weighted by Crippen LogP contribution is -2.52. The first-order chi connectivity index (χ1) is 15.3. The summed E-state index contributed by atoms with van der Waals surface area (Å²) in [6.45, 7) is 5.27. The molecule has 0 radical (unpaired) electrons. The lowest BCUT2D eigenvalue weighted by molar-refractivity contribution is -0.128. The number of amides is 2. The van der Waals surface area contributed by atoms with Crippen LogP contribution in [-0.2, 0) is 9.59 Å². The number of benzene rings is 2. The smallest absolute Gasteiger partial charge is 0.268 e. The van der Waals surface area contributed by atoms with Crippen LogP contribution in [0.15, 0.2) is 41.8 Å². The number of aryl methyl sites for hydroxylation is 1. The van der Waals surface area contributed by atoms with E-state index in [1.165, 1.54) is 12.0 Å². The number of hydrogen-bond donors (Lipinski definition) is 1. The fourth-order valence-corrected chi connectivity index (χ4v) is 4.34. The molecule has 1 N–H and O–H groups in total. The number of halogens is 1. The second kappa shape index (κ2) is 8.80. The molecule has 0 aliphatic carbocycles. The SMILES string of the molecule is COc1ccc(Cl)cc1NC(=O)C(C)N1C(=O)C(C)Oc2ccc(-c3csc(C)n3)cc21. The van der Waals surface area contributed by atoms with E-state index in [0.29, 0.717) is 27.9 Å². The summed E-state index contributed by atoms with van der Waals surface area (Å²) in [5, 5.41) is 6.18. The molecule has 3 aromatic rings. The highest BCUT2D eigenvalue weighted by molar-refractivity contribution is 7.09. The van der Waals surface area contributed by atoms with Crippen molar-refractivity contribution >= 4 is 46.1 Å². The molecular formula is C23H22ClN3O4S. The molecule has 9 heteroatoms. The maximum atomic E-state index is 13.2. The third-order valence-electron chi connectivity index (χ3n) is 5.21. The first-order valence-electron chi connectivity index (χ1n) is 9.99. The minimum Gasteiger partial charge on any atom is -0.495 e. The van der Waals surface area contributed by atoms with Crippen molar-refractivity contribution in [1.29, 1.82) is 0 Å². The van der Waals surface area contributed by atoms with Crippen molar-refractivity contribution in [1.82, 2.24) is 4.98 Å². The van der Waals surface area contributed by atoms with Crippen molar-refractivity contribution in [2.24, 2.45) is 0 Å². The van der Waals surface area contributed by atoms with Crippen LogP contribution in [0.4, 0.5) is 11.4 Å². The summed E-state index contributed by atoms with van der Waals surface area (Å²) in [6, 6.07) is 9.66. The number of rotatable bonds is 5. The quantitative estimate of drug-likeness (QED) is 0.571. The summed E-state index contributed by atoms with van der Waals surface area (Å²) in [6.07, 6.45) is -0.717. The zero-order chi connectivity index (χ0) is 23.0. The van der Waals surface area contributed by atoms with Crippen LogP contribution in [0.25, 0.3) is 11.3 Å². The van der Waals surface area contributed by atoms with Crippen LogP contribution in [0.5, 0.6) is 11.5 Å². The number of carbonyl (C=O) groups is 2. The Morgan fingerprint density at radius 2 is 2.09 bits per heavy atom. The van der Waals surface area contributed by atoms with Gasteiger partial charge in [0.15, 0.2) is 6.10 Å². The first-order valence-corrected chi connectivity index (χ1v) is 11.2. The van der Waals surface area contributed by atoms with Gasteiger partial charge in [-0.2, -0.15) is 0 Å². The summed E-state index contributed by atoms with van der Waals surface area (Å²) in [7, 11) is 1.51. The molecule has 0 spiro atoms. The second-order valence-corrected chi connectivity index (χ2v) is 8.91. The van der Waals surface area contributed by atoms with Crippen molar-refractivity contribution in [3.05, 3.63) is 51.8 Å². The average molecular weight is 472 g/mol. The molecule has 0 saturated heterocycles. The molecule has 2 unspecified atom stereocenters. The molecule has 4 rings (SSSR count). The van der Waals surface area contributed by atoms with E-state index in [-0.39, 0.29) is 11.8 Å². The van der Waals surface area contributed by atoms with Crippen molar-refractivity contribution in [2.45, 2.75) is 32.9 Å². The Labute approximate surface area is 194 Å². The van der Waals surface area contributed by atoms with E-state index in [2.05, 4.69) is 10.3 Å². The van der Waals surface area contributed by atoms with Gasteiger partial charge in [-0.25, -0.2) is 4.98 Å². The number of fused-ring (bicyclic) bond motifs is 1. The van der Waals surface area contributed by atoms with Crippen LogP contribution in [0.1, 0.15) is 18.9 Å². The van der Waals surface area contributed by atoms with Crippen molar-refractivity contribution in [2.75, 3.05) is 17.3 Å². The molecule has 166 valence electrons. The lowest BCUT2D eigenvalue weighted by atomic mass is 10.1. The number of anilines is 2. The van der Waals surface area contributed by atoms with E-state index < -0.39 is 12.1 Å². The largest absolute Gasteiger partial charge is 0.495 e. The minimum absolute atomic E-state index is 0.301. The Balaban J connectivity index is 1.68. The summed E-state index contributed by atoms with van der Waals surface area (Å²) >= 11 is 7.62. The average Bonchev–Trinajstić information content (AvgIpc) is 3.20. The van der Waals surface area contributed by atoms with E-state index in [1.807, 2.05) is 24.4 Å². The molecule has 2 heterocycles. The molecule has 1 aliphatic rings. The van der Waals surface area contributed by atoms with Crippen LogP contribution in [0.3, 0.4) is 0 Å². The van der Waals surface area contributed by atoms with Crippen LogP contribution in [-0.4, -0.2) is 36.1 Å². The molecule has 32 heavy (non-hydrogen) atoms. The number of ether oxygens (including phenoxy) is 2. The topological polar surface area (TPSA) is 80.8 Å². The number of methoxy groups -OCH3 is 1. The number of thiazole rings is 1. The van der Waals surface area contributed by atoms with Gasteiger partial charge in [-0.1, -0.05) is 11.6 Å². The van der Waals surface area contributed by atoms with Gasteiger partial charge in [0.05, 0.1) is 29.2 Å². The Hall–Kier alpha value is -3.10. The highest BCUT2D eigenvalue weighted by Crippen LogP contribution is 2.39. The highest BCUT2D eigenvalue weighted by atomic mass is 35.5. The molecule has 0 fully saturated rings. The van der Waals surface area contributed by atoms with E-state index >= 15 is 0 Å². The summed E-state index contributed by atoms with van der Waals surface area (Å²) in [5.74, 6) is 0.324. The number of nitrogens with zero attached hydrogens (tertiary/aromatic N) is 2. The van der Waals surface area contributed by atoms with Gasteiger partial charge in [0.25, 0.3) is 5.91 Å². The Bertz CT molecular complexity index is 1200. The number of carbonyl (C=O) groups excluding carboxylic acids is 2. The standard InChI is InChI=1S/C23H22ClN3O4S/c1-12(22(28)26-17-10-16(24)6-8-20(17)30-4)27-19-9-15(18-11-32-14(3)25-18)5-7-21(19)31-13(2)23(27)29/h5-13H,1-4H3,(H,26,28). The van der Waals surface area contributed by atoms with Gasteiger partial charge < -0.3 is 14.8 Å². The van der Waals surface area contributed by atoms with Gasteiger partial charge in [0.1, 0.15) is 17.5 Å². The predicted octanol–water partition coefficient (Wildman–Crippen LogP) is 4.92. The summed E-state index contributed by atoms with van der Waals surface area (Å²) in [5.41, 5.74) is 2.60. The monoisotopic (exact) mass is 471 g/mol. The van der Waals surface area contributed by atoms with Gasteiger partial charge in [0, 0.05) is 16.0 Å². The van der Waals surface area contributed by atoms with Crippen molar-refractivity contribution in [3.8, 4) is 22.8 Å². The third-order valence-corrected chi connectivity index (χ3v) is 6.22. The van der Waals surface area contributed by atoms with Gasteiger partial charge in [0.2, 0.25) is 5.91 Å². The maximum absolute atomic E-state index is 13.2. The van der Waals surface area contributed by atoms with Gasteiger partial charge in [-0.15, -0.1) is 11.3 Å². The predicted molar refractivity (Wildman–Crippen MR) is 126 cm³/mol. The normalized spacial score (nSPS) is 16.2. The molecule has 7 nitrogen and oxygen atoms in total. The Morgan fingerprint density at radius 1 is 1.31 bits per heavy atom. The second-order valence-electron chi connectivity index (χ2n) is 7.41. The Morgan fingerprint density at radius 3 is 2.78 bits per heavy atom. The van der Waals surface area contributed by atoms with Gasteiger partial charge >= 0.3 is 0 Å². The number of hydrogen-bond acceptors (Lipinski definition) is 6. The summed E-state index contributed by atoms with van der Waals surface area (Å²) in [4.78, 5) is 32.2. The van der Waals surface area contributed by atoms with Gasteiger partial charge in [-0.05, 0) is 57.2 Å². The molecule has 2 amide bonds. The fraction of sp³-hybridized carbons (Fsp3) is 0.261. The van der Waals surface area contributed by atoms with Crippen LogP contribution in [0.2, 0.25) is 5.02 Å². The molecule has 0 bridgehead atoms. The molecule has 1 aromatic heterocycles. The molecule has 1 aliphatic heterocycles. The highest BCUT2D eigenvalue weighted by Gasteiger charge is 2.37. The maximum Gasteiger partial charge on any atom is 0.268 e. The molecule has 0 saturated carbocycles. The fourth-order valence-electron chi connectivity index (χ4n) is 3.55. The lowest BCUT2D eigenvalue weighted by Gasteiger charge is -2.36.